The molecule has 3 rings (SSSR count). The molecule has 1 heterocycles. The average Bonchev–Trinajstić information content (AvgIpc) is 2.74. The van der Waals surface area contributed by atoms with Gasteiger partial charge in [-0.3, -0.25) is 14.4 Å². The maximum atomic E-state index is 13.3. The van der Waals surface area contributed by atoms with E-state index in [-0.39, 0.29) is 34.9 Å². The second-order valence-electron chi connectivity index (χ2n) is 6.37. The maximum absolute atomic E-state index is 13.3. The number of anilines is 1. The van der Waals surface area contributed by atoms with Gasteiger partial charge in [-0.15, -0.1) is 0 Å². The first kappa shape index (κ1) is 21.4. The lowest BCUT2D eigenvalue weighted by Gasteiger charge is -2.07. The number of carbonyl (C=O) groups is 3. The summed E-state index contributed by atoms with van der Waals surface area (Å²) in [6.45, 7) is 0. The number of halogens is 1. The molecule has 0 aliphatic rings. The number of nitrogens with one attached hydrogen (secondary N) is 2. The smallest absolute Gasteiger partial charge is 0.240 e. The number of amides is 2. The first-order chi connectivity index (χ1) is 14.8. The molecular weight excluding hydrogens is 409 g/mol. The summed E-state index contributed by atoms with van der Waals surface area (Å²) in [5, 5.41) is 16.9. The van der Waals surface area contributed by atoms with E-state index < -0.39 is 29.0 Å². The van der Waals surface area contributed by atoms with Crippen molar-refractivity contribution in [1.29, 1.82) is 0 Å². The third kappa shape index (κ3) is 5.60. The van der Waals surface area contributed by atoms with Crippen molar-refractivity contribution in [1.82, 2.24) is 5.43 Å². The zero-order valence-electron chi connectivity index (χ0n) is 15.9. The second kappa shape index (κ2) is 9.44. The van der Waals surface area contributed by atoms with Crippen LogP contribution in [0.25, 0.3) is 11.0 Å². The Labute approximate surface area is 174 Å². The Morgan fingerprint density at radius 1 is 1.06 bits per heavy atom. The van der Waals surface area contributed by atoms with Gasteiger partial charge in [0.2, 0.25) is 17.2 Å². The van der Waals surface area contributed by atoms with Gasteiger partial charge in [0.1, 0.15) is 17.7 Å². The largest absolute Gasteiger partial charge is 0.545 e. The highest BCUT2D eigenvalue weighted by molar-refractivity contribution is 5.94. The molecule has 0 radical (unpaired) electrons. The zero-order chi connectivity index (χ0) is 22.4. The van der Waals surface area contributed by atoms with Crippen LogP contribution in [-0.4, -0.2) is 24.0 Å². The van der Waals surface area contributed by atoms with Crippen LogP contribution in [0.1, 0.15) is 28.8 Å². The predicted octanol–water partition coefficient (Wildman–Crippen LogP) is 1.16. The van der Waals surface area contributed by atoms with Crippen LogP contribution in [0.15, 0.2) is 63.0 Å². The van der Waals surface area contributed by atoms with Crippen LogP contribution < -0.4 is 21.3 Å². The molecule has 0 aliphatic heterocycles. The van der Waals surface area contributed by atoms with Gasteiger partial charge in [0.05, 0.1) is 23.1 Å². The number of hydrazone groups is 1. The molecule has 1 aromatic heterocycles. The molecule has 10 heteroatoms. The number of carbonyl (C=O) groups excluding carboxylic acids is 3. The molecule has 0 fully saturated rings. The van der Waals surface area contributed by atoms with Gasteiger partial charge in [-0.2, -0.15) is 5.10 Å². The van der Waals surface area contributed by atoms with Crippen LogP contribution in [-0.2, 0) is 9.59 Å². The average molecular weight is 424 g/mol. The van der Waals surface area contributed by atoms with Crippen molar-refractivity contribution in [3.05, 3.63) is 75.9 Å². The molecule has 0 spiro atoms. The highest BCUT2D eigenvalue weighted by atomic mass is 19.1. The minimum atomic E-state index is -1.33. The third-order valence-electron chi connectivity index (χ3n) is 4.14. The third-order valence-corrected chi connectivity index (χ3v) is 4.14. The number of nitrogens with zero attached hydrogens (tertiary/aromatic N) is 1. The summed E-state index contributed by atoms with van der Waals surface area (Å²) < 4.78 is 18.5. The van der Waals surface area contributed by atoms with Gasteiger partial charge >= 0.3 is 0 Å². The van der Waals surface area contributed by atoms with Crippen LogP contribution in [0.3, 0.4) is 0 Å². The van der Waals surface area contributed by atoms with Crippen molar-refractivity contribution in [3.8, 4) is 0 Å². The molecule has 31 heavy (non-hydrogen) atoms. The van der Waals surface area contributed by atoms with Gasteiger partial charge in [-0.25, -0.2) is 9.82 Å². The minimum absolute atomic E-state index is 0.0103. The number of fused-ring (bicyclic) bond motifs is 1. The lowest BCUT2D eigenvalue weighted by Crippen LogP contribution is -2.22. The van der Waals surface area contributed by atoms with E-state index in [1.807, 2.05) is 0 Å². The molecule has 0 unspecified atom stereocenters. The van der Waals surface area contributed by atoms with Crippen molar-refractivity contribution < 1.29 is 28.3 Å². The van der Waals surface area contributed by atoms with Crippen molar-refractivity contribution in [2.24, 2.45) is 5.10 Å². The first-order valence-electron chi connectivity index (χ1n) is 8.98. The highest BCUT2D eigenvalue weighted by Gasteiger charge is 2.09. The standard InChI is InChI=1S/C21H16FN3O6/c22-14-3-6-17-16(9-14)20(28)13(11-31-17)10-23-25-19(27)8-7-18(26)24-15-4-1-12(2-5-15)21(29)30/h1-6,9-11H,7-8H2,(H,24,26)(H,25,27)(H,29,30)/p-1. The van der Waals surface area contributed by atoms with Gasteiger partial charge in [0, 0.05) is 18.5 Å². The summed E-state index contributed by atoms with van der Waals surface area (Å²) in [5.41, 5.74) is 2.24. The summed E-state index contributed by atoms with van der Waals surface area (Å²) in [5.74, 6) is -2.95. The summed E-state index contributed by atoms with van der Waals surface area (Å²) in [7, 11) is 0. The molecular formula is C21H15FN3O6-. The van der Waals surface area contributed by atoms with Gasteiger partial charge in [0.15, 0.2) is 0 Å². The van der Waals surface area contributed by atoms with E-state index in [1.54, 1.807) is 0 Å². The highest BCUT2D eigenvalue weighted by Crippen LogP contribution is 2.12. The van der Waals surface area contributed by atoms with Crippen LogP contribution in [0.5, 0.6) is 0 Å². The molecule has 2 aromatic carbocycles. The van der Waals surface area contributed by atoms with Gasteiger partial charge < -0.3 is 19.6 Å². The van der Waals surface area contributed by atoms with Crippen LogP contribution in [0.4, 0.5) is 10.1 Å². The number of aromatic carboxylic acids is 1. The topological polar surface area (TPSA) is 141 Å². The SMILES string of the molecule is O=C(CCC(=O)Nc1ccc(C(=O)[O-])cc1)NN=Cc1coc2ccc(F)cc2c1=O. The summed E-state index contributed by atoms with van der Waals surface area (Å²) in [6.07, 6.45) is 1.86. The molecule has 9 nitrogen and oxygen atoms in total. The monoisotopic (exact) mass is 424 g/mol. The van der Waals surface area contributed by atoms with E-state index >= 15 is 0 Å². The fourth-order valence-electron chi connectivity index (χ4n) is 2.58. The zero-order valence-corrected chi connectivity index (χ0v) is 15.9. The minimum Gasteiger partial charge on any atom is -0.545 e. The summed E-state index contributed by atoms with van der Waals surface area (Å²) >= 11 is 0. The number of rotatable bonds is 7. The molecule has 158 valence electrons. The Morgan fingerprint density at radius 2 is 1.77 bits per heavy atom. The quantitative estimate of drug-likeness (QED) is 0.431. The van der Waals surface area contributed by atoms with Gasteiger partial charge in [-0.05, 0) is 35.9 Å². The summed E-state index contributed by atoms with van der Waals surface area (Å²) in [4.78, 5) is 46.7. The van der Waals surface area contributed by atoms with E-state index in [0.29, 0.717) is 5.69 Å². The predicted molar refractivity (Wildman–Crippen MR) is 107 cm³/mol. The number of carboxylic acids is 1. The van der Waals surface area contributed by atoms with E-state index in [0.717, 1.165) is 24.6 Å². The van der Waals surface area contributed by atoms with E-state index in [2.05, 4.69) is 15.8 Å². The second-order valence-corrected chi connectivity index (χ2v) is 6.37. The van der Waals surface area contributed by atoms with Crippen LogP contribution in [0.2, 0.25) is 0 Å². The number of carboxylic acid groups (broad SMARTS) is 1. The molecule has 0 bridgehead atoms. The Bertz CT molecular complexity index is 1230. The number of hydrogen-bond acceptors (Lipinski definition) is 7. The fourth-order valence-corrected chi connectivity index (χ4v) is 2.58. The Balaban J connectivity index is 1.51. The Kier molecular flexibility index (Phi) is 6.51. The van der Waals surface area contributed by atoms with Crippen molar-refractivity contribution in [2.45, 2.75) is 12.8 Å². The molecule has 0 aliphatic carbocycles. The first-order valence-corrected chi connectivity index (χ1v) is 8.98. The normalized spacial score (nSPS) is 10.9. The lowest BCUT2D eigenvalue weighted by molar-refractivity contribution is -0.255. The molecule has 2 N–H and O–H groups in total. The molecule has 0 atom stereocenters. The summed E-state index contributed by atoms with van der Waals surface area (Å²) in [6, 6.07) is 8.90. The van der Waals surface area contributed by atoms with Gasteiger partial charge in [-0.1, -0.05) is 12.1 Å². The Hall–Kier alpha value is -4.34. The molecule has 2 amide bonds. The maximum Gasteiger partial charge on any atom is 0.240 e. The van der Waals surface area contributed by atoms with Crippen molar-refractivity contribution in [3.63, 3.8) is 0 Å². The van der Waals surface area contributed by atoms with E-state index in [4.69, 9.17) is 4.42 Å². The van der Waals surface area contributed by atoms with Crippen molar-refractivity contribution >= 4 is 40.7 Å². The molecule has 0 saturated carbocycles. The van der Waals surface area contributed by atoms with Crippen LogP contribution in [0, 0.1) is 5.82 Å². The fraction of sp³-hybridized carbons (Fsp3) is 0.0952. The Morgan fingerprint density at radius 3 is 2.48 bits per heavy atom. The number of benzene rings is 2. The van der Waals surface area contributed by atoms with Gasteiger partial charge in [0.25, 0.3) is 0 Å². The van der Waals surface area contributed by atoms with E-state index in [9.17, 15) is 28.7 Å². The molecule has 0 saturated heterocycles. The van der Waals surface area contributed by atoms with E-state index in [1.165, 1.54) is 30.3 Å². The lowest BCUT2D eigenvalue weighted by atomic mass is 10.2. The van der Waals surface area contributed by atoms with Crippen LogP contribution >= 0.6 is 0 Å². The van der Waals surface area contributed by atoms with Crippen molar-refractivity contribution in [2.75, 3.05) is 5.32 Å². The molecule has 3 aromatic rings. The number of hydrogen-bond donors (Lipinski definition) is 2.